The van der Waals surface area contributed by atoms with Crippen LogP contribution in [-0.2, 0) is 4.74 Å². The zero-order valence-corrected chi connectivity index (χ0v) is 16.0. The van der Waals surface area contributed by atoms with Gasteiger partial charge in [-0.15, -0.1) is 0 Å². The molecule has 0 spiro atoms. The van der Waals surface area contributed by atoms with Crippen LogP contribution in [0.5, 0.6) is 0 Å². The standard InChI is InChI=1S/C21H24FN5O2/c22-15-2-1-3-16(8-15)25-21-26-20(23-10-14-6-7-29-12-19(14)28)9-18-17(13-4-5-13)11-24-27(18)21/h1-3,8-9,11,13-14,19,23,28H,4-7,10,12H2,(H,25,26)/t14-,19+/m0/s1. The van der Waals surface area contributed by atoms with Crippen LogP contribution < -0.4 is 10.6 Å². The molecule has 2 fully saturated rings. The number of anilines is 3. The molecule has 3 N–H and O–H groups in total. The lowest BCUT2D eigenvalue weighted by Gasteiger charge is -2.28. The van der Waals surface area contributed by atoms with Gasteiger partial charge in [-0.05, 0) is 43.4 Å². The Hall–Kier alpha value is -2.71. The molecule has 3 heterocycles. The Morgan fingerprint density at radius 3 is 2.93 bits per heavy atom. The van der Waals surface area contributed by atoms with Crippen molar-refractivity contribution < 1.29 is 14.2 Å². The smallest absolute Gasteiger partial charge is 0.230 e. The third kappa shape index (κ3) is 3.90. The molecule has 0 bridgehead atoms. The van der Waals surface area contributed by atoms with E-state index in [0.29, 0.717) is 43.1 Å². The molecule has 29 heavy (non-hydrogen) atoms. The number of ether oxygens (including phenoxy) is 1. The maximum atomic E-state index is 13.6. The summed E-state index contributed by atoms with van der Waals surface area (Å²) in [6.45, 7) is 1.65. The highest BCUT2D eigenvalue weighted by Gasteiger charge is 2.28. The molecule has 2 atom stereocenters. The van der Waals surface area contributed by atoms with Crippen molar-refractivity contribution in [2.45, 2.75) is 31.3 Å². The van der Waals surface area contributed by atoms with Crippen LogP contribution in [0.4, 0.5) is 21.8 Å². The van der Waals surface area contributed by atoms with Crippen molar-refractivity contribution in [3.63, 3.8) is 0 Å². The van der Waals surface area contributed by atoms with Crippen molar-refractivity contribution in [2.24, 2.45) is 5.92 Å². The van der Waals surface area contributed by atoms with E-state index in [0.717, 1.165) is 11.9 Å². The third-order valence-electron chi connectivity index (χ3n) is 5.65. The number of benzene rings is 1. The molecule has 2 aromatic heterocycles. The summed E-state index contributed by atoms with van der Waals surface area (Å²) in [5, 5.41) is 21.2. The molecule has 7 nitrogen and oxygen atoms in total. The van der Waals surface area contributed by atoms with Crippen LogP contribution in [0.25, 0.3) is 5.52 Å². The highest BCUT2D eigenvalue weighted by atomic mass is 19.1. The fourth-order valence-corrected chi connectivity index (χ4v) is 3.82. The molecule has 1 aliphatic heterocycles. The summed E-state index contributed by atoms with van der Waals surface area (Å²) in [6, 6.07) is 8.29. The largest absolute Gasteiger partial charge is 0.390 e. The molecule has 5 rings (SSSR count). The van der Waals surface area contributed by atoms with Crippen LogP contribution in [0.3, 0.4) is 0 Å². The van der Waals surface area contributed by atoms with Gasteiger partial charge in [-0.25, -0.2) is 4.39 Å². The number of aromatic nitrogens is 3. The van der Waals surface area contributed by atoms with Crippen molar-refractivity contribution in [2.75, 3.05) is 30.4 Å². The monoisotopic (exact) mass is 397 g/mol. The zero-order chi connectivity index (χ0) is 19.8. The van der Waals surface area contributed by atoms with Crippen LogP contribution >= 0.6 is 0 Å². The zero-order valence-electron chi connectivity index (χ0n) is 16.0. The number of aliphatic hydroxyl groups excluding tert-OH is 1. The van der Waals surface area contributed by atoms with E-state index in [4.69, 9.17) is 4.74 Å². The number of hydrogen-bond acceptors (Lipinski definition) is 6. The molecular formula is C21H24FN5O2. The average molecular weight is 397 g/mol. The maximum absolute atomic E-state index is 13.6. The highest BCUT2D eigenvalue weighted by molar-refractivity contribution is 5.67. The van der Waals surface area contributed by atoms with E-state index in [1.165, 1.54) is 30.5 Å². The Bertz CT molecular complexity index is 1020. The van der Waals surface area contributed by atoms with E-state index >= 15 is 0 Å². The van der Waals surface area contributed by atoms with E-state index in [2.05, 4.69) is 20.7 Å². The summed E-state index contributed by atoms with van der Waals surface area (Å²) < 4.78 is 20.7. The van der Waals surface area contributed by atoms with Gasteiger partial charge >= 0.3 is 0 Å². The fourth-order valence-electron chi connectivity index (χ4n) is 3.82. The van der Waals surface area contributed by atoms with Crippen LogP contribution in [0, 0.1) is 11.7 Å². The Morgan fingerprint density at radius 1 is 1.24 bits per heavy atom. The number of aliphatic hydroxyl groups is 1. The number of fused-ring (bicyclic) bond motifs is 1. The first-order valence-corrected chi connectivity index (χ1v) is 10.1. The quantitative estimate of drug-likeness (QED) is 0.592. The number of halogens is 1. The Balaban J connectivity index is 1.46. The summed E-state index contributed by atoms with van der Waals surface area (Å²) in [4.78, 5) is 4.67. The number of nitrogens with one attached hydrogen (secondary N) is 2. The second kappa shape index (κ2) is 7.61. The van der Waals surface area contributed by atoms with Crippen molar-refractivity contribution >= 4 is 23.0 Å². The predicted octanol–water partition coefficient (Wildman–Crippen LogP) is 3.30. The van der Waals surface area contributed by atoms with Crippen molar-refractivity contribution in [3.8, 4) is 0 Å². The number of hydrogen-bond donors (Lipinski definition) is 3. The highest BCUT2D eigenvalue weighted by Crippen LogP contribution is 2.42. The van der Waals surface area contributed by atoms with E-state index in [1.54, 1.807) is 16.6 Å². The number of nitrogens with zero attached hydrogens (tertiary/aromatic N) is 3. The first-order chi connectivity index (χ1) is 14.2. The van der Waals surface area contributed by atoms with Gasteiger partial charge in [0.15, 0.2) is 0 Å². The normalized spacial score (nSPS) is 22.0. The van der Waals surface area contributed by atoms with Gasteiger partial charge < -0.3 is 20.5 Å². The molecule has 0 radical (unpaired) electrons. The van der Waals surface area contributed by atoms with Gasteiger partial charge in [0, 0.05) is 36.4 Å². The van der Waals surface area contributed by atoms with Crippen molar-refractivity contribution in [1.29, 1.82) is 0 Å². The van der Waals surface area contributed by atoms with Crippen LogP contribution in [0.2, 0.25) is 0 Å². The average Bonchev–Trinajstić information content (AvgIpc) is 3.46. The summed E-state index contributed by atoms with van der Waals surface area (Å²) in [6.07, 6.45) is 4.59. The minimum absolute atomic E-state index is 0.120. The Labute approximate surface area is 167 Å². The topological polar surface area (TPSA) is 83.7 Å². The van der Waals surface area contributed by atoms with Gasteiger partial charge in [0.25, 0.3) is 0 Å². The molecule has 1 aromatic carbocycles. The molecule has 3 aromatic rings. The van der Waals surface area contributed by atoms with Crippen LogP contribution in [-0.4, -0.2) is 45.6 Å². The molecule has 1 saturated heterocycles. The van der Waals surface area contributed by atoms with Crippen molar-refractivity contribution in [3.05, 3.63) is 47.9 Å². The van der Waals surface area contributed by atoms with Gasteiger partial charge in [0.1, 0.15) is 11.6 Å². The van der Waals surface area contributed by atoms with E-state index in [9.17, 15) is 9.50 Å². The lowest BCUT2D eigenvalue weighted by atomic mass is 9.97. The Kier molecular flexibility index (Phi) is 4.81. The summed E-state index contributed by atoms with van der Waals surface area (Å²) in [5.74, 6) is 1.58. The van der Waals surface area contributed by atoms with Gasteiger partial charge in [-0.2, -0.15) is 14.6 Å². The van der Waals surface area contributed by atoms with E-state index in [1.807, 2.05) is 12.3 Å². The lowest BCUT2D eigenvalue weighted by Crippen LogP contribution is -2.36. The molecule has 8 heteroatoms. The fraction of sp³-hybridized carbons (Fsp3) is 0.429. The third-order valence-corrected chi connectivity index (χ3v) is 5.65. The van der Waals surface area contributed by atoms with E-state index < -0.39 is 6.10 Å². The van der Waals surface area contributed by atoms with Gasteiger partial charge in [-0.3, -0.25) is 0 Å². The summed E-state index contributed by atoms with van der Waals surface area (Å²) in [7, 11) is 0. The maximum Gasteiger partial charge on any atom is 0.230 e. The molecule has 1 aliphatic carbocycles. The van der Waals surface area contributed by atoms with Crippen LogP contribution in [0.15, 0.2) is 36.5 Å². The summed E-state index contributed by atoms with van der Waals surface area (Å²) >= 11 is 0. The minimum Gasteiger partial charge on any atom is -0.390 e. The predicted molar refractivity (Wildman–Crippen MR) is 108 cm³/mol. The number of rotatable bonds is 6. The molecule has 152 valence electrons. The Morgan fingerprint density at radius 2 is 2.14 bits per heavy atom. The molecular weight excluding hydrogens is 373 g/mol. The molecule has 1 saturated carbocycles. The van der Waals surface area contributed by atoms with Gasteiger partial charge in [0.05, 0.1) is 24.4 Å². The molecule has 0 unspecified atom stereocenters. The SMILES string of the molecule is O[C@@H]1COCC[C@H]1CNc1cc2c(C3CC3)cnn2c(Nc2cccc(F)c2)n1. The van der Waals surface area contributed by atoms with Gasteiger partial charge in [0.2, 0.25) is 5.95 Å². The molecule has 2 aliphatic rings. The van der Waals surface area contributed by atoms with Gasteiger partial charge in [-0.1, -0.05) is 6.07 Å². The molecule has 0 amide bonds. The summed E-state index contributed by atoms with van der Waals surface area (Å²) in [5.41, 5.74) is 2.82. The second-order valence-electron chi connectivity index (χ2n) is 7.84. The van der Waals surface area contributed by atoms with Crippen LogP contribution in [0.1, 0.15) is 30.7 Å². The van der Waals surface area contributed by atoms with E-state index in [-0.39, 0.29) is 11.7 Å². The first kappa shape index (κ1) is 18.3. The van der Waals surface area contributed by atoms with Crippen molar-refractivity contribution in [1.82, 2.24) is 14.6 Å². The second-order valence-corrected chi connectivity index (χ2v) is 7.84. The first-order valence-electron chi connectivity index (χ1n) is 10.1. The minimum atomic E-state index is -0.470. The lowest BCUT2D eigenvalue weighted by molar-refractivity contribution is -0.0396.